The van der Waals surface area contributed by atoms with E-state index in [4.69, 9.17) is 16.7 Å². The molecular weight excluding hydrogens is 278 g/mol. The van der Waals surface area contributed by atoms with Gasteiger partial charge in [-0.3, -0.25) is 9.59 Å². The SMILES string of the molecule is O=C(O)CCCCNC(=O)[C@@H]1C[C@H]1c1ccccc1Cl. The lowest BCUT2D eigenvalue weighted by atomic mass is 10.1. The van der Waals surface area contributed by atoms with E-state index in [1.807, 2.05) is 24.3 Å². The highest BCUT2D eigenvalue weighted by atomic mass is 35.5. The van der Waals surface area contributed by atoms with Crippen molar-refractivity contribution in [3.63, 3.8) is 0 Å². The summed E-state index contributed by atoms with van der Waals surface area (Å²) in [7, 11) is 0. The zero-order chi connectivity index (χ0) is 14.5. The molecule has 1 fully saturated rings. The molecule has 5 heteroatoms. The summed E-state index contributed by atoms with van der Waals surface area (Å²) in [6.07, 6.45) is 2.28. The first-order chi connectivity index (χ1) is 9.59. The highest BCUT2D eigenvalue weighted by Gasteiger charge is 2.44. The van der Waals surface area contributed by atoms with Gasteiger partial charge in [0.25, 0.3) is 0 Å². The van der Waals surface area contributed by atoms with Gasteiger partial charge in [0.1, 0.15) is 0 Å². The third kappa shape index (κ3) is 3.97. The van der Waals surface area contributed by atoms with Gasteiger partial charge in [-0.25, -0.2) is 0 Å². The van der Waals surface area contributed by atoms with Crippen LogP contribution in [0.15, 0.2) is 24.3 Å². The van der Waals surface area contributed by atoms with E-state index in [0.29, 0.717) is 24.4 Å². The predicted molar refractivity (Wildman–Crippen MR) is 76.8 cm³/mol. The standard InChI is InChI=1S/C15H18ClNO3/c16-13-6-2-1-5-10(13)11-9-12(11)15(20)17-8-4-3-7-14(18)19/h1-2,5-6,11-12H,3-4,7-9H2,(H,17,20)(H,18,19)/t11-,12+/m0/s1. The van der Waals surface area contributed by atoms with Crippen LogP contribution >= 0.6 is 11.6 Å². The predicted octanol–water partition coefficient (Wildman–Crippen LogP) is 2.81. The van der Waals surface area contributed by atoms with Crippen molar-refractivity contribution in [1.82, 2.24) is 5.32 Å². The van der Waals surface area contributed by atoms with Crippen molar-refractivity contribution >= 4 is 23.5 Å². The zero-order valence-electron chi connectivity index (χ0n) is 11.1. The number of rotatable bonds is 7. The fourth-order valence-corrected chi connectivity index (χ4v) is 2.62. The van der Waals surface area contributed by atoms with Gasteiger partial charge in [0, 0.05) is 23.9 Å². The highest BCUT2D eigenvalue weighted by molar-refractivity contribution is 6.31. The topological polar surface area (TPSA) is 66.4 Å². The second-order valence-corrected chi connectivity index (χ2v) is 5.52. The highest BCUT2D eigenvalue weighted by Crippen LogP contribution is 2.49. The number of aliphatic carboxylic acids is 1. The molecule has 0 radical (unpaired) electrons. The molecule has 0 saturated heterocycles. The molecule has 1 amide bonds. The minimum Gasteiger partial charge on any atom is -0.481 e. The molecule has 1 aromatic carbocycles. The number of carbonyl (C=O) groups excluding carboxylic acids is 1. The van der Waals surface area contributed by atoms with Crippen LogP contribution in [-0.4, -0.2) is 23.5 Å². The van der Waals surface area contributed by atoms with E-state index in [9.17, 15) is 9.59 Å². The molecule has 0 spiro atoms. The van der Waals surface area contributed by atoms with Crippen molar-refractivity contribution in [3.05, 3.63) is 34.9 Å². The minimum absolute atomic E-state index is 0.00868. The first-order valence-corrected chi connectivity index (χ1v) is 7.21. The van der Waals surface area contributed by atoms with Gasteiger partial charge < -0.3 is 10.4 Å². The summed E-state index contributed by atoms with van der Waals surface area (Å²) in [4.78, 5) is 22.3. The van der Waals surface area contributed by atoms with E-state index < -0.39 is 5.97 Å². The molecule has 2 atom stereocenters. The van der Waals surface area contributed by atoms with Crippen LogP contribution < -0.4 is 5.32 Å². The Morgan fingerprint density at radius 2 is 2.05 bits per heavy atom. The Morgan fingerprint density at radius 3 is 2.75 bits per heavy atom. The zero-order valence-corrected chi connectivity index (χ0v) is 11.9. The molecule has 1 aromatic rings. The van der Waals surface area contributed by atoms with Crippen LogP contribution in [0.3, 0.4) is 0 Å². The second kappa shape index (κ2) is 6.75. The van der Waals surface area contributed by atoms with Crippen LogP contribution in [0.4, 0.5) is 0 Å². The summed E-state index contributed by atoms with van der Waals surface area (Å²) >= 11 is 6.12. The van der Waals surface area contributed by atoms with Crippen molar-refractivity contribution in [3.8, 4) is 0 Å². The van der Waals surface area contributed by atoms with Crippen LogP contribution in [0, 0.1) is 5.92 Å². The summed E-state index contributed by atoms with van der Waals surface area (Å²) in [5.41, 5.74) is 1.04. The van der Waals surface area contributed by atoms with Gasteiger partial charge in [-0.15, -0.1) is 0 Å². The van der Waals surface area contributed by atoms with Crippen LogP contribution in [-0.2, 0) is 9.59 Å². The largest absolute Gasteiger partial charge is 0.481 e. The number of hydrogen-bond acceptors (Lipinski definition) is 2. The summed E-state index contributed by atoms with van der Waals surface area (Å²) < 4.78 is 0. The van der Waals surface area contributed by atoms with Crippen molar-refractivity contribution in [1.29, 1.82) is 0 Å². The van der Waals surface area contributed by atoms with Crippen molar-refractivity contribution in [2.45, 2.75) is 31.6 Å². The third-order valence-corrected chi connectivity index (χ3v) is 3.89. The lowest BCUT2D eigenvalue weighted by Crippen LogP contribution is -2.26. The van der Waals surface area contributed by atoms with Crippen LogP contribution in [0.1, 0.15) is 37.2 Å². The second-order valence-electron chi connectivity index (χ2n) is 5.11. The maximum Gasteiger partial charge on any atom is 0.303 e. The molecule has 1 saturated carbocycles. The van der Waals surface area contributed by atoms with E-state index >= 15 is 0 Å². The van der Waals surface area contributed by atoms with Gasteiger partial charge >= 0.3 is 5.97 Å². The number of amides is 1. The maximum atomic E-state index is 11.9. The molecule has 20 heavy (non-hydrogen) atoms. The number of halogens is 1. The molecule has 0 aromatic heterocycles. The Balaban J connectivity index is 1.71. The number of carbonyl (C=O) groups is 2. The Hall–Kier alpha value is -1.55. The van der Waals surface area contributed by atoms with Gasteiger partial charge in [-0.2, -0.15) is 0 Å². The fourth-order valence-electron chi connectivity index (χ4n) is 2.35. The number of unbranched alkanes of at least 4 members (excludes halogenated alkanes) is 1. The smallest absolute Gasteiger partial charge is 0.303 e. The molecule has 0 unspecified atom stereocenters. The lowest BCUT2D eigenvalue weighted by molar-refractivity contribution is -0.137. The Morgan fingerprint density at radius 1 is 1.30 bits per heavy atom. The number of carboxylic acid groups (broad SMARTS) is 1. The number of benzene rings is 1. The van der Waals surface area contributed by atoms with Crippen molar-refractivity contribution < 1.29 is 14.7 Å². The van der Waals surface area contributed by atoms with E-state index in [1.165, 1.54) is 0 Å². The Bertz CT molecular complexity index is 504. The third-order valence-electron chi connectivity index (χ3n) is 3.55. The maximum absolute atomic E-state index is 11.9. The van der Waals surface area contributed by atoms with Gasteiger partial charge in [0.15, 0.2) is 0 Å². The van der Waals surface area contributed by atoms with E-state index in [2.05, 4.69) is 5.32 Å². The normalized spacial score (nSPS) is 20.4. The molecule has 4 nitrogen and oxygen atoms in total. The average Bonchev–Trinajstić information content (AvgIpc) is 3.18. The molecule has 108 valence electrons. The Kier molecular flexibility index (Phi) is 5.01. The molecule has 1 aliphatic carbocycles. The molecular formula is C15H18ClNO3. The minimum atomic E-state index is -0.794. The van der Waals surface area contributed by atoms with Crippen LogP contribution in [0.25, 0.3) is 0 Å². The first-order valence-electron chi connectivity index (χ1n) is 6.83. The van der Waals surface area contributed by atoms with E-state index in [-0.39, 0.29) is 24.2 Å². The van der Waals surface area contributed by atoms with Gasteiger partial charge in [0.05, 0.1) is 0 Å². The first kappa shape index (κ1) is 14.9. The van der Waals surface area contributed by atoms with E-state index in [1.54, 1.807) is 0 Å². The summed E-state index contributed by atoms with van der Waals surface area (Å²) in [5, 5.41) is 12.1. The van der Waals surface area contributed by atoms with E-state index in [0.717, 1.165) is 12.0 Å². The number of hydrogen-bond donors (Lipinski definition) is 2. The summed E-state index contributed by atoms with van der Waals surface area (Å²) in [6, 6.07) is 7.62. The number of carboxylic acids is 1. The molecule has 1 aliphatic rings. The Labute approximate surface area is 123 Å². The number of nitrogens with one attached hydrogen (secondary N) is 1. The van der Waals surface area contributed by atoms with Gasteiger partial charge in [-0.05, 0) is 36.8 Å². The van der Waals surface area contributed by atoms with Crippen LogP contribution in [0.2, 0.25) is 5.02 Å². The molecule has 0 heterocycles. The van der Waals surface area contributed by atoms with Gasteiger partial charge in [-0.1, -0.05) is 29.8 Å². The van der Waals surface area contributed by atoms with Gasteiger partial charge in [0.2, 0.25) is 5.91 Å². The lowest BCUT2D eigenvalue weighted by Gasteiger charge is -2.05. The molecule has 2 N–H and O–H groups in total. The molecule has 0 bridgehead atoms. The monoisotopic (exact) mass is 295 g/mol. The fraction of sp³-hybridized carbons (Fsp3) is 0.467. The van der Waals surface area contributed by atoms with Crippen LogP contribution in [0.5, 0.6) is 0 Å². The molecule has 2 rings (SSSR count). The quantitative estimate of drug-likeness (QED) is 0.760. The molecule has 0 aliphatic heterocycles. The summed E-state index contributed by atoms with van der Waals surface area (Å²) in [5.74, 6) is -0.514. The summed E-state index contributed by atoms with van der Waals surface area (Å²) in [6.45, 7) is 0.540. The van der Waals surface area contributed by atoms with Crippen molar-refractivity contribution in [2.24, 2.45) is 5.92 Å². The van der Waals surface area contributed by atoms with Crippen molar-refractivity contribution in [2.75, 3.05) is 6.54 Å². The average molecular weight is 296 g/mol.